The van der Waals surface area contributed by atoms with E-state index in [1.54, 1.807) is 43.3 Å². The van der Waals surface area contributed by atoms with Crippen molar-refractivity contribution >= 4 is 64.3 Å². The van der Waals surface area contributed by atoms with E-state index < -0.39 is 10.0 Å². The fourth-order valence-corrected chi connectivity index (χ4v) is 5.47. The molecule has 0 aliphatic heterocycles. The van der Waals surface area contributed by atoms with Gasteiger partial charge in [-0.25, -0.2) is 8.42 Å². The molecule has 4 rings (SSSR count). The number of rotatable bonds is 5. The van der Waals surface area contributed by atoms with Crippen LogP contribution < -0.4 is 4.72 Å². The topological polar surface area (TPSA) is 96.6 Å². The molecular formula is C22H15Br2NO5S. The third kappa shape index (κ3) is 4.13. The number of furan rings is 1. The smallest absolute Gasteiger partial charge is 0.262 e. The van der Waals surface area contributed by atoms with Gasteiger partial charge < -0.3 is 9.52 Å². The van der Waals surface area contributed by atoms with Crippen molar-refractivity contribution in [3.05, 3.63) is 86.5 Å². The van der Waals surface area contributed by atoms with Gasteiger partial charge >= 0.3 is 0 Å². The summed E-state index contributed by atoms with van der Waals surface area (Å²) in [6.45, 7) is 1.65. The largest absolute Gasteiger partial charge is 0.506 e. The molecule has 0 radical (unpaired) electrons. The van der Waals surface area contributed by atoms with Crippen molar-refractivity contribution in [1.29, 1.82) is 0 Å². The fraction of sp³-hybridized carbons (Fsp3) is 0.0455. The molecule has 4 aromatic rings. The lowest BCUT2D eigenvalue weighted by molar-refractivity contribution is 0.103. The first-order chi connectivity index (χ1) is 14.7. The van der Waals surface area contributed by atoms with Crippen LogP contribution in [0.25, 0.3) is 11.0 Å². The number of halogens is 2. The van der Waals surface area contributed by atoms with Crippen molar-refractivity contribution in [2.75, 3.05) is 4.72 Å². The maximum atomic E-state index is 13.2. The Morgan fingerprint density at radius 2 is 1.65 bits per heavy atom. The Kier molecular flexibility index (Phi) is 5.67. The van der Waals surface area contributed by atoms with Crippen molar-refractivity contribution < 1.29 is 22.7 Å². The molecule has 1 aromatic heterocycles. The molecule has 2 N–H and O–H groups in total. The molecule has 0 aliphatic rings. The van der Waals surface area contributed by atoms with Crippen molar-refractivity contribution in [2.45, 2.75) is 11.8 Å². The van der Waals surface area contributed by atoms with Gasteiger partial charge in [0, 0.05) is 22.7 Å². The Morgan fingerprint density at radius 3 is 2.29 bits per heavy atom. The van der Waals surface area contributed by atoms with Gasteiger partial charge in [0.25, 0.3) is 10.0 Å². The van der Waals surface area contributed by atoms with Crippen LogP contribution in [-0.4, -0.2) is 19.3 Å². The number of anilines is 1. The molecule has 9 heteroatoms. The first-order valence-corrected chi connectivity index (χ1v) is 12.1. The van der Waals surface area contributed by atoms with Gasteiger partial charge in [0.15, 0.2) is 5.78 Å². The number of fused-ring (bicyclic) bond motifs is 1. The van der Waals surface area contributed by atoms with Crippen LogP contribution in [0.2, 0.25) is 0 Å². The highest BCUT2D eigenvalue weighted by Gasteiger charge is 2.23. The lowest BCUT2D eigenvalue weighted by Crippen LogP contribution is -2.12. The van der Waals surface area contributed by atoms with Crippen molar-refractivity contribution in [3.8, 4) is 5.75 Å². The molecule has 0 fully saturated rings. The Labute approximate surface area is 195 Å². The Hall–Kier alpha value is -2.62. The SMILES string of the molecule is Cc1oc2cc(S(=O)(=O)Nc3ccccc3)ccc2c1C(=O)c1cc(Br)c(O)c(Br)c1. The van der Waals surface area contributed by atoms with Gasteiger partial charge in [0.1, 0.15) is 17.1 Å². The molecular weight excluding hydrogens is 550 g/mol. The molecule has 0 atom stereocenters. The number of ketones is 1. The number of para-hydroxylation sites is 1. The summed E-state index contributed by atoms with van der Waals surface area (Å²) in [4.78, 5) is 13.2. The van der Waals surface area contributed by atoms with E-state index in [-0.39, 0.29) is 22.0 Å². The fourth-order valence-electron chi connectivity index (χ4n) is 3.21. The molecule has 1 heterocycles. The number of carbonyl (C=O) groups excluding carboxylic acids is 1. The number of aryl methyl sites for hydroxylation is 1. The first kappa shape index (κ1) is 21.6. The van der Waals surface area contributed by atoms with Gasteiger partial charge in [-0.15, -0.1) is 0 Å². The second-order valence-corrected chi connectivity index (χ2v) is 10.2. The molecule has 0 saturated carbocycles. The zero-order valence-electron chi connectivity index (χ0n) is 16.0. The van der Waals surface area contributed by atoms with E-state index in [9.17, 15) is 18.3 Å². The lowest BCUT2D eigenvalue weighted by atomic mass is 10.0. The highest BCUT2D eigenvalue weighted by atomic mass is 79.9. The maximum Gasteiger partial charge on any atom is 0.262 e. The second-order valence-electron chi connectivity index (χ2n) is 6.78. The molecule has 0 saturated heterocycles. The molecule has 0 bridgehead atoms. The summed E-state index contributed by atoms with van der Waals surface area (Å²) in [5.74, 6) is 0.0487. The van der Waals surface area contributed by atoms with Gasteiger partial charge in [-0.3, -0.25) is 9.52 Å². The Morgan fingerprint density at radius 1 is 1.00 bits per heavy atom. The maximum absolute atomic E-state index is 13.2. The van der Waals surface area contributed by atoms with E-state index in [0.29, 0.717) is 36.9 Å². The molecule has 0 amide bonds. The zero-order chi connectivity index (χ0) is 22.3. The summed E-state index contributed by atoms with van der Waals surface area (Å²) in [6, 6.07) is 16.0. The van der Waals surface area contributed by atoms with E-state index in [0.717, 1.165) is 0 Å². The van der Waals surface area contributed by atoms with Crippen LogP contribution in [0.1, 0.15) is 21.7 Å². The van der Waals surface area contributed by atoms with Crippen LogP contribution in [0.3, 0.4) is 0 Å². The van der Waals surface area contributed by atoms with Crippen LogP contribution in [0.15, 0.2) is 78.9 Å². The first-order valence-electron chi connectivity index (χ1n) is 9.01. The third-order valence-corrected chi connectivity index (χ3v) is 7.27. The minimum absolute atomic E-state index is 0.00825. The molecule has 6 nitrogen and oxygen atoms in total. The average molecular weight is 565 g/mol. The normalized spacial score (nSPS) is 11.6. The number of nitrogens with one attached hydrogen (secondary N) is 1. The average Bonchev–Trinajstić information content (AvgIpc) is 3.06. The van der Waals surface area contributed by atoms with Crippen LogP contribution in [0, 0.1) is 6.92 Å². The number of carbonyl (C=O) groups is 1. The molecule has 0 spiro atoms. The van der Waals surface area contributed by atoms with Gasteiger partial charge in [-0.2, -0.15) is 0 Å². The van der Waals surface area contributed by atoms with E-state index >= 15 is 0 Å². The quantitative estimate of drug-likeness (QED) is 0.290. The standard InChI is InChI=1S/C22H15Br2NO5S/c1-12-20(21(26)13-9-17(23)22(27)18(24)10-13)16-8-7-15(11-19(16)30-12)31(28,29)25-14-5-3-2-4-6-14/h2-11,25,27H,1H3. The minimum atomic E-state index is -3.83. The molecule has 0 aliphatic carbocycles. The summed E-state index contributed by atoms with van der Waals surface area (Å²) in [5, 5.41) is 10.4. The van der Waals surface area contributed by atoms with Crippen molar-refractivity contribution in [3.63, 3.8) is 0 Å². The monoisotopic (exact) mass is 563 g/mol. The van der Waals surface area contributed by atoms with Crippen LogP contribution in [0.4, 0.5) is 5.69 Å². The van der Waals surface area contributed by atoms with Gasteiger partial charge in [-0.1, -0.05) is 18.2 Å². The number of hydrogen-bond acceptors (Lipinski definition) is 5. The summed E-state index contributed by atoms with van der Waals surface area (Å²) in [7, 11) is -3.83. The van der Waals surface area contributed by atoms with E-state index in [2.05, 4.69) is 36.6 Å². The number of phenolic OH excluding ortho intramolecular Hbond substituents is 1. The van der Waals surface area contributed by atoms with Crippen LogP contribution >= 0.6 is 31.9 Å². The van der Waals surface area contributed by atoms with Crippen LogP contribution in [0.5, 0.6) is 5.75 Å². The Bertz CT molecular complexity index is 1410. The third-order valence-electron chi connectivity index (χ3n) is 4.68. The second kappa shape index (κ2) is 8.14. The number of phenols is 1. The molecule has 31 heavy (non-hydrogen) atoms. The zero-order valence-corrected chi connectivity index (χ0v) is 20.0. The molecule has 0 unspecified atom stereocenters. The van der Waals surface area contributed by atoms with E-state index in [4.69, 9.17) is 4.42 Å². The van der Waals surface area contributed by atoms with E-state index in [1.807, 2.05) is 0 Å². The van der Waals surface area contributed by atoms with Crippen LogP contribution in [-0.2, 0) is 10.0 Å². The highest BCUT2D eigenvalue weighted by molar-refractivity contribution is 9.11. The minimum Gasteiger partial charge on any atom is -0.506 e. The predicted octanol–water partition coefficient (Wildman–Crippen LogP) is 6.00. The predicted molar refractivity (Wildman–Crippen MR) is 125 cm³/mol. The van der Waals surface area contributed by atoms with Gasteiger partial charge in [0.2, 0.25) is 0 Å². The van der Waals surface area contributed by atoms with Gasteiger partial charge in [-0.05, 0) is 75.2 Å². The molecule has 158 valence electrons. The number of aromatic hydroxyl groups is 1. The number of benzene rings is 3. The molecule has 3 aromatic carbocycles. The summed E-state index contributed by atoms with van der Waals surface area (Å²) in [6.07, 6.45) is 0. The number of hydrogen-bond donors (Lipinski definition) is 2. The van der Waals surface area contributed by atoms with E-state index in [1.165, 1.54) is 24.3 Å². The summed E-state index contributed by atoms with van der Waals surface area (Å²) in [5.41, 5.74) is 1.40. The van der Waals surface area contributed by atoms with Crippen molar-refractivity contribution in [1.82, 2.24) is 0 Å². The van der Waals surface area contributed by atoms with Crippen molar-refractivity contribution in [2.24, 2.45) is 0 Å². The summed E-state index contributed by atoms with van der Waals surface area (Å²) >= 11 is 6.45. The summed E-state index contributed by atoms with van der Waals surface area (Å²) < 4.78 is 34.5. The lowest BCUT2D eigenvalue weighted by Gasteiger charge is -2.08. The number of sulfonamides is 1. The highest BCUT2D eigenvalue weighted by Crippen LogP contribution is 2.36. The van der Waals surface area contributed by atoms with Gasteiger partial charge in [0.05, 0.1) is 19.4 Å². The Balaban J connectivity index is 1.75.